The number of benzene rings is 2. The van der Waals surface area contributed by atoms with Crippen molar-refractivity contribution < 1.29 is 24.5 Å². The zero-order chi connectivity index (χ0) is 20.5. The molecule has 0 fully saturated rings. The number of phenolic OH excluding ortho intramolecular Hbond substituents is 1. The Kier molecular flexibility index (Phi) is 4.52. The lowest BCUT2D eigenvalue weighted by Gasteiger charge is -2.10. The standard InChI is InChI=1S/C21H17N3O5/c1-28-12-6-3-5-11(9-12)18-17-14(21(26)27)10-15(22-20(17)24-23-18)13-7-4-8-16(29-2)19(13)25/h3-10,25H,1-2H3,(H,26,27)(H,22,23,24). The molecule has 0 unspecified atom stereocenters. The van der Waals surface area contributed by atoms with Crippen LogP contribution in [0, 0.1) is 0 Å². The molecule has 8 heteroatoms. The van der Waals surface area contributed by atoms with Crippen molar-refractivity contribution in [3.8, 4) is 39.8 Å². The quantitative estimate of drug-likeness (QED) is 0.475. The zero-order valence-corrected chi connectivity index (χ0v) is 15.6. The third kappa shape index (κ3) is 3.10. The van der Waals surface area contributed by atoms with Gasteiger partial charge in [0, 0.05) is 11.1 Å². The predicted octanol–water partition coefficient (Wildman–Crippen LogP) is 3.71. The number of carboxylic acids is 1. The Morgan fingerprint density at radius 2 is 1.86 bits per heavy atom. The maximum Gasteiger partial charge on any atom is 0.336 e. The molecule has 2 aromatic heterocycles. The van der Waals surface area contributed by atoms with Crippen LogP contribution in [-0.2, 0) is 0 Å². The van der Waals surface area contributed by atoms with E-state index in [1.807, 2.05) is 6.07 Å². The van der Waals surface area contributed by atoms with Gasteiger partial charge in [-0.2, -0.15) is 5.10 Å². The van der Waals surface area contributed by atoms with Crippen LogP contribution in [0.4, 0.5) is 0 Å². The molecular weight excluding hydrogens is 374 g/mol. The fourth-order valence-electron chi connectivity index (χ4n) is 3.21. The highest BCUT2D eigenvalue weighted by molar-refractivity contribution is 6.08. The Bertz CT molecular complexity index is 1230. The summed E-state index contributed by atoms with van der Waals surface area (Å²) < 4.78 is 10.4. The second kappa shape index (κ2) is 7.16. The number of rotatable bonds is 5. The summed E-state index contributed by atoms with van der Waals surface area (Å²) in [4.78, 5) is 16.5. The summed E-state index contributed by atoms with van der Waals surface area (Å²) in [6.45, 7) is 0. The number of hydrogen-bond donors (Lipinski definition) is 3. The van der Waals surface area contributed by atoms with Gasteiger partial charge in [-0.05, 0) is 30.3 Å². The highest BCUT2D eigenvalue weighted by atomic mass is 16.5. The Morgan fingerprint density at radius 1 is 1.07 bits per heavy atom. The molecule has 0 saturated carbocycles. The van der Waals surface area contributed by atoms with E-state index in [9.17, 15) is 15.0 Å². The van der Waals surface area contributed by atoms with Crippen LogP contribution in [0.3, 0.4) is 0 Å². The number of aromatic nitrogens is 3. The second-order valence-electron chi connectivity index (χ2n) is 6.25. The summed E-state index contributed by atoms with van der Waals surface area (Å²) in [6, 6.07) is 13.5. The number of nitrogens with zero attached hydrogens (tertiary/aromatic N) is 2. The first-order valence-electron chi connectivity index (χ1n) is 8.66. The summed E-state index contributed by atoms with van der Waals surface area (Å²) in [7, 11) is 2.99. The molecule has 0 amide bonds. The van der Waals surface area contributed by atoms with Gasteiger partial charge < -0.3 is 19.7 Å². The second-order valence-corrected chi connectivity index (χ2v) is 6.25. The molecule has 4 rings (SSSR count). The van der Waals surface area contributed by atoms with Crippen molar-refractivity contribution in [1.29, 1.82) is 0 Å². The molecule has 0 aliphatic carbocycles. The molecule has 2 aromatic carbocycles. The fourth-order valence-corrected chi connectivity index (χ4v) is 3.21. The number of pyridine rings is 1. The number of fused-ring (bicyclic) bond motifs is 1. The van der Waals surface area contributed by atoms with E-state index in [0.717, 1.165) is 0 Å². The Balaban J connectivity index is 1.96. The number of aromatic carboxylic acids is 1. The van der Waals surface area contributed by atoms with Crippen LogP contribution >= 0.6 is 0 Å². The topological polar surface area (TPSA) is 118 Å². The summed E-state index contributed by atoms with van der Waals surface area (Å²) in [6.07, 6.45) is 0. The molecule has 0 radical (unpaired) electrons. The SMILES string of the molecule is COc1cccc(-c2[nH]nc3nc(-c4cccc(OC)c4O)cc(C(=O)O)c23)c1. The average molecular weight is 391 g/mol. The van der Waals surface area contributed by atoms with Crippen molar-refractivity contribution in [2.45, 2.75) is 0 Å². The summed E-state index contributed by atoms with van der Waals surface area (Å²) in [5.74, 6) is -0.360. The van der Waals surface area contributed by atoms with Gasteiger partial charge in [-0.3, -0.25) is 5.10 Å². The molecule has 8 nitrogen and oxygen atoms in total. The van der Waals surface area contributed by atoms with Crippen molar-refractivity contribution in [3.05, 3.63) is 54.1 Å². The van der Waals surface area contributed by atoms with Crippen molar-refractivity contribution in [2.75, 3.05) is 14.2 Å². The van der Waals surface area contributed by atoms with Gasteiger partial charge in [0.2, 0.25) is 0 Å². The van der Waals surface area contributed by atoms with E-state index in [1.54, 1.807) is 43.5 Å². The lowest BCUT2D eigenvalue weighted by molar-refractivity contribution is 0.0699. The van der Waals surface area contributed by atoms with Crippen LogP contribution in [-0.4, -0.2) is 45.6 Å². The summed E-state index contributed by atoms with van der Waals surface area (Å²) in [5.41, 5.74) is 2.09. The lowest BCUT2D eigenvalue weighted by atomic mass is 10.0. The molecule has 4 aromatic rings. The van der Waals surface area contributed by atoms with Crippen molar-refractivity contribution >= 4 is 17.0 Å². The minimum atomic E-state index is -1.13. The zero-order valence-electron chi connectivity index (χ0n) is 15.6. The van der Waals surface area contributed by atoms with Gasteiger partial charge in [0.25, 0.3) is 0 Å². The largest absolute Gasteiger partial charge is 0.504 e. The molecule has 146 valence electrons. The molecule has 0 aliphatic heterocycles. The molecule has 0 spiro atoms. The van der Waals surface area contributed by atoms with Gasteiger partial charge in [-0.15, -0.1) is 0 Å². The summed E-state index contributed by atoms with van der Waals surface area (Å²) >= 11 is 0. The van der Waals surface area contributed by atoms with E-state index in [4.69, 9.17) is 9.47 Å². The van der Waals surface area contributed by atoms with Gasteiger partial charge >= 0.3 is 5.97 Å². The predicted molar refractivity (Wildman–Crippen MR) is 106 cm³/mol. The number of ether oxygens (including phenoxy) is 2. The van der Waals surface area contributed by atoms with Crippen molar-refractivity contribution in [1.82, 2.24) is 15.2 Å². The third-order valence-corrected chi connectivity index (χ3v) is 4.61. The Morgan fingerprint density at radius 3 is 2.59 bits per heavy atom. The van der Waals surface area contributed by atoms with E-state index in [1.165, 1.54) is 13.2 Å². The first-order valence-corrected chi connectivity index (χ1v) is 8.66. The van der Waals surface area contributed by atoms with Crippen molar-refractivity contribution in [3.63, 3.8) is 0 Å². The number of carbonyl (C=O) groups is 1. The average Bonchev–Trinajstić information content (AvgIpc) is 3.17. The molecule has 3 N–H and O–H groups in total. The smallest absolute Gasteiger partial charge is 0.336 e. The molecule has 0 saturated heterocycles. The molecule has 0 aliphatic rings. The number of carboxylic acid groups (broad SMARTS) is 1. The Labute approximate surface area is 165 Å². The molecule has 0 bridgehead atoms. The fraction of sp³-hybridized carbons (Fsp3) is 0.0952. The number of para-hydroxylation sites is 1. The van der Waals surface area contributed by atoms with Crippen molar-refractivity contribution in [2.24, 2.45) is 0 Å². The van der Waals surface area contributed by atoms with E-state index < -0.39 is 5.97 Å². The third-order valence-electron chi connectivity index (χ3n) is 4.61. The van der Waals surface area contributed by atoms with Gasteiger partial charge in [0.05, 0.1) is 36.6 Å². The van der Waals surface area contributed by atoms with Crippen LogP contribution in [0.15, 0.2) is 48.5 Å². The van der Waals surface area contributed by atoms with Crippen LogP contribution in [0.25, 0.3) is 33.5 Å². The maximum atomic E-state index is 12.0. The number of aromatic hydroxyl groups is 1. The number of methoxy groups -OCH3 is 2. The summed E-state index contributed by atoms with van der Waals surface area (Å²) in [5, 5.41) is 27.7. The minimum Gasteiger partial charge on any atom is -0.504 e. The normalized spacial score (nSPS) is 10.8. The first-order chi connectivity index (χ1) is 14.0. The number of phenols is 1. The highest BCUT2D eigenvalue weighted by Gasteiger charge is 2.21. The van der Waals surface area contributed by atoms with Gasteiger partial charge in [0.1, 0.15) is 5.75 Å². The van der Waals surface area contributed by atoms with Crippen LogP contribution < -0.4 is 9.47 Å². The maximum absolute atomic E-state index is 12.0. The van der Waals surface area contributed by atoms with E-state index >= 15 is 0 Å². The van der Waals surface area contributed by atoms with Gasteiger partial charge in [0.15, 0.2) is 17.1 Å². The molecule has 29 heavy (non-hydrogen) atoms. The van der Waals surface area contributed by atoms with Crippen LogP contribution in [0.2, 0.25) is 0 Å². The number of nitrogens with one attached hydrogen (secondary N) is 1. The van der Waals surface area contributed by atoms with Crippen LogP contribution in [0.1, 0.15) is 10.4 Å². The molecule has 0 atom stereocenters. The molecular formula is C21H17N3O5. The monoisotopic (exact) mass is 391 g/mol. The van der Waals surface area contributed by atoms with E-state index in [2.05, 4.69) is 15.2 Å². The van der Waals surface area contributed by atoms with Gasteiger partial charge in [-0.25, -0.2) is 9.78 Å². The number of hydrogen-bond acceptors (Lipinski definition) is 6. The van der Waals surface area contributed by atoms with Gasteiger partial charge in [-0.1, -0.05) is 18.2 Å². The highest BCUT2D eigenvalue weighted by Crippen LogP contribution is 2.38. The first kappa shape index (κ1) is 18.3. The number of H-pyrrole nitrogens is 1. The minimum absolute atomic E-state index is 0.0128. The van der Waals surface area contributed by atoms with Crippen LogP contribution in [0.5, 0.6) is 17.2 Å². The van der Waals surface area contributed by atoms with E-state index in [-0.39, 0.29) is 28.4 Å². The lowest BCUT2D eigenvalue weighted by Crippen LogP contribution is -2.00. The Hall–Kier alpha value is -4.07. The number of aromatic amines is 1. The van der Waals surface area contributed by atoms with E-state index in [0.29, 0.717) is 28.0 Å². The molecule has 2 heterocycles.